The van der Waals surface area contributed by atoms with Crippen molar-refractivity contribution in [3.8, 4) is 0 Å². The fraction of sp³-hybridized carbons (Fsp3) is 0.286. The Balaban J connectivity index is 1.94. The van der Waals surface area contributed by atoms with Gasteiger partial charge in [0.1, 0.15) is 12.1 Å². The van der Waals surface area contributed by atoms with Crippen molar-refractivity contribution >= 4 is 17.5 Å². The van der Waals surface area contributed by atoms with Crippen LogP contribution in [0.1, 0.15) is 18.9 Å². The molecule has 1 fully saturated rings. The number of ketones is 1. The number of Topliss-reactive ketones (excluding diaryl/α,β-unsaturated/α-hetero) is 1. The summed E-state index contributed by atoms with van der Waals surface area (Å²) in [6.07, 6.45) is 5.26. The van der Waals surface area contributed by atoms with Gasteiger partial charge in [-0.15, -0.1) is 0 Å². The number of piperidine rings is 1. The van der Waals surface area contributed by atoms with Gasteiger partial charge >= 0.3 is 0 Å². The van der Waals surface area contributed by atoms with Gasteiger partial charge in [0, 0.05) is 18.7 Å². The van der Waals surface area contributed by atoms with Crippen LogP contribution < -0.4 is 4.90 Å². The summed E-state index contributed by atoms with van der Waals surface area (Å²) in [5.74, 6) is -0.376. The van der Waals surface area contributed by atoms with Gasteiger partial charge in [-0.25, -0.2) is 14.8 Å². The first kappa shape index (κ1) is 17.1. The largest absolute Gasteiger partial charge is 0.308 e. The Morgan fingerprint density at radius 3 is 2.67 bits per heavy atom. The highest BCUT2D eigenvalue weighted by Gasteiger charge is 2.56. The summed E-state index contributed by atoms with van der Waals surface area (Å²) >= 11 is 0. The number of amides is 1. The fourth-order valence-electron chi connectivity index (χ4n) is 4.38. The van der Waals surface area contributed by atoms with Gasteiger partial charge in [-0.1, -0.05) is 43.3 Å². The van der Waals surface area contributed by atoms with Crippen molar-refractivity contribution in [3.63, 3.8) is 0 Å². The normalized spacial score (nSPS) is 27.6. The molecule has 0 saturated carbocycles. The topological polar surface area (TPSA) is 67.5 Å². The molecule has 2 heterocycles. The lowest BCUT2D eigenvalue weighted by molar-refractivity contribution is -0.130. The molecule has 0 bridgehead atoms. The maximum Gasteiger partial charge on any atom is 0.241 e. The van der Waals surface area contributed by atoms with E-state index in [-0.39, 0.29) is 23.3 Å². The molecule has 2 aliphatic rings. The number of benzene rings is 1. The molecule has 1 saturated heterocycles. The number of rotatable bonds is 2. The van der Waals surface area contributed by atoms with E-state index in [1.807, 2.05) is 37.3 Å². The van der Waals surface area contributed by atoms with E-state index in [9.17, 15) is 9.59 Å². The van der Waals surface area contributed by atoms with E-state index in [0.717, 1.165) is 5.56 Å². The summed E-state index contributed by atoms with van der Waals surface area (Å²) in [5, 5.41) is 0. The van der Waals surface area contributed by atoms with Gasteiger partial charge in [0.25, 0.3) is 0 Å². The maximum absolute atomic E-state index is 13.8. The van der Waals surface area contributed by atoms with E-state index in [4.69, 9.17) is 6.57 Å². The van der Waals surface area contributed by atoms with Crippen LogP contribution >= 0.6 is 0 Å². The number of hydrogen-bond donors (Lipinski definition) is 0. The minimum atomic E-state index is -1.04. The number of fused-ring (bicyclic) bond motifs is 1. The number of anilines is 1. The third kappa shape index (κ3) is 2.47. The highest BCUT2D eigenvalue weighted by atomic mass is 16.2. The van der Waals surface area contributed by atoms with Crippen molar-refractivity contribution in [3.05, 3.63) is 77.7 Å². The standard InChI is InChI=1S/C21H18N4O2/c1-14-16-9-11-25(18-8-10-23-13-24-18)20(27)21(16,12-17(22-2)19(14)26)15-6-4-3-5-7-15/h3-8,10,12-14,16H,9,11H2,1H3/t14-,16-,21+/m1/s1. The number of hydrogen-bond acceptors (Lipinski definition) is 4. The monoisotopic (exact) mass is 358 g/mol. The molecule has 2 aromatic rings. The first-order valence-corrected chi connectivity index (χ1v) is 8.87. The van der Waals surface area contributed by atoms with Gasteiger partial charge in [-0.2, -0.15) is 0 Å². The number of aromatic nitrogens is 2. The first-order valence-electron chi connectivity index (χ1n) is 8.87. The second-order valence-corrected chi connectivity index (χ2v) is 6.95. The Labute approximate surface area is 157 Å². The van der Waals surface area contributed by atoms with E-state index in [2.05, 4.69) is 14.8 Å². The molecule has 0 spiro atoms. The molecule has 3 atom stereocenters. The third-order valence-corrected chi connectivity index (χ3v) is 5.70. The first-order chi connectivity index (χ1) is 13.1. The lowest BCUT2D eigenvalue weighted by Crippen LogP contribution is -2.60. The van der Waals surface area contributed by atoms with Crippen molar-refractivity contribution in [2.24, 2.45) is 11.8 Å². The summed E-state index contributed by atoms with van der Waals surface area (Å²) in [6.45, 7) is 9.75. The van der Waals surface area contributed by atoms with Crippen LogP contribution in [0.3, 0.4) is 0 Å². The van der Waals surface area contributed by atoms with Crippen LogP contribution in [0.15, 0.2) is 60.7 Å². The second kappa shape index (κ2) is 6.44. The molecular weight excluding hydrogens is 340 g/mol. The summed E-state index contributed by atoms with van der Waals surface area (Å²) < 4.78 is 0. The third-order valence-electron chi connectivity index (χ3n) is 5.70. The quantitative estimate of drug-likeness (QED) is 0.774. The lowest BCUT2D eigenvalue weighted by atomic mass is 9.58. The van der Waals surface area contributed by atoms with Crippen LogP contribution in [0.2, 0.25) is 0 Å². The zero-order valence-electron chi connectivity index (χ0n) is 14.9. The van der Waals surface area contributed by atoms with E-state index < -0.39 is 11.3 Å². The Morgan fingerprint density at radius 1 is 1.22 bits per heavy atom. The molecule has 0 unspecified atom stereocenters. The lowest BCUT2D eigenvalue weighted by Gasteiger charge is -2.49. The van der Waals surface area contributed by atoms with Gasteiger partial charge in [-0.05, 0) is 24.0 Å². The number of allylic oxidation sites excluding steroid dienone is 1. The van der Waals surface area contributed by atoms with Crippen molar-refractivity contribution in [1.82, 2.24) is 9.97 Å². The zero-order valence-corrected chi connectivity index (χ0v) is 14.9. The van der Waals surface area contributed by atoms with Gasteiger partial charge in [-0.3, -0.25) is 9.69 Å². The minimum Gasteiger partial charge on any atom is -0.308 e. The summed E-state index contributed by atoms with van der Waals surface area (Å²) in [7, 11) is 0. The Morgan fingerprint density at radius 2 is 2.00 bits per heavy atom. The van der Waals surface area contributed by atoms with Crippen LogP contribution in [0.5, 0.6) is 0 Å². The van der Waals surface area contributed by atoms with Crippen LogP contribution in [-0.2, 0) is 15.0 Å². The molecule has 0 N–H and O–H groups in total. The van der Waals surface area contributed by atoms with Gasteiger partial charge in [0.05, 0.1) is 12.0 Å². The molecular formula is C21H18N4O2. The highest BCUT2D eigenvalue weighted by Crippen LogP contribution is 2.49. The van der Waals surface area contributed by atoms with Crippen molar-refractivity contribution < 1.29 is 9.59 Å². The number of nitrogens with zero attached hydrogens (tertiary/aromatic N) is 4. The second-order valence-electron chi connectivity index (χ2n) is 6.95. The van der Waals surface area contributed by atoms with Crippen LogP contribution in [0.4, 0.5) is 5.82 Å². The zero-order chi connectivity index (χ0) is 19.0. The van der Waals surface area contributed by atoms with E-state index in [0.29, 0.717) is 18.8 Å². The van der Waals surface area contributed by atoms with E-state index >= 15 is 0 Å². The van der Waals surface area contributed by atoms with Crippen molar-refractivity contribution in [2.45, 2.75) is 18.8 Å². The van der Waals surface area contributed by atoms with Crippen molar-refractivity contribution in [1.29, 1.82) is 0 Å². The summed E-state index contributed by atoms with van der Waals surface area (Å²) in [6, 6.07) is 11.1. The van der Waals surface area contributed by atoms with Gasteiger partial charge in [0.2, 0.25) is 11.6 Å². The average Bonchev–Trinajstić information content (AvgIpc) is 2.72. The number of carbonyl (C=O) groups excluding carboxylic acids is 2. The Kier molecular flexibility index (Phi) is 4.08. The highest BCUT2D eigenvalue weighted by molar-refractivity contribution is 6.09. The molecule has 1 aliphatic heterocycles. The fourth-order valence-corrected chi connectivity index (χ4v) is 4.38. The molecule has 1 aliphatic carbocycles. The predicted octanol–water partition coefficient (Wildman–Crippen LogP) is 2.79. The van der Waals surface area contributed by atoms with E-state index in [1.165, 1.54) is 6.33 Å². The molecule has 1 aromatic heterocycles. The van der Waals surface area contributed by atoms with E-state index in [1.54, 1.807) is 23.2 Å². The molecule has 1 aromatic carbocycles. The summed E-state index contributed by atoms with van der Waals surface area (Å²) in [5.41, 5.74) is -0.197. The van der Waals surface area contributed by atoms with Crippen molar-refractivity contribution in [2.75, 3.05) is 11.4 Å². The van der Waals surface area contributed by atoms with Crippen LogP contribution in [0, 0.1) is 18.4 Å². The van der Waals surface area contributed by atoms with Gasteiger partial charge < -0.3 is 4.79 Å². The summed E-state index contributed by atoms with van der Waals surface area (Å²) in [4.78, 5) is 39.7. The van der Waals surface area contributed by atoms with Crippen LogP contribution in [-0.4, -0.2) is 28.2 Å². The molecule has 27 heavy (non-hydrogen) atoms. The van der Waals surface area contributed by atoms with Gasteiger partial charge in [0.15, 0.2) is 5.78 Å². The predicted molar refractivity (Wildman–Crippen MR) is 99.5 cm³/mol. The molecule has 134 valence electrons. The average molecular weight is 358 g/mol. The Bertz CT molecular complexity index is 965. The maximum atomic E-state index is 13.8. The molecule has 6 heteroatoms. The molecule has 4 rings (SSSR count). The molecule has 0 radical (unpaired) electrons. The smallest absolute Gasteiger partial charge is 0.241 e. The Hall–Kier alpha value is -3.33. The molecule has 1 amide bonds. The molecule has 6 nitrogen and oxygen atoms in total. The SMILES string of the molecule is [C-]#[N+]C1=C[C@@]2(c3ccccc3)C(=O)N(c3ccncn3)CC[C@@H]2[C@@H](C)C1=O. The van der Waals surface area contributed by atoms with Crippen LogP contribution in [0.25, 0.3) is 4.85 Å². The minimum absolute atomic E-state index is 0.0421. The number of carbonyl (C=O) groups is 2.